The molecule has 11 heteroatoms. The second-order valence-corrected chi connectivity index (χ2v) is 7.01. The van der Waals surface area contributed by atoms with Gasteiger partial charge in [-0.1, -0.05) is 17.3 Å². The molecule has 0 radical (unpaired) electrons. The second-order valence-electron chi connectivity index (χ2n) is 5.66. The minimum absolute atomic E-state index is 0. The number of hydrogen-bond donors (Lipinski definition) is 1. The fraction of sp³-hybridized carbons (Fsp3) is 0.429. The van der Waals surface area contributed by atoms with Crippen LogP contribution in [0.15, 0.2) is 35.4 Å². The van der Waals surface area contributed by atoms with Crippen LogP contribution in [0.5, 0.6) is 0 Å². The molecule has 1 aliphatic heterocycles. The molecule has 0 spiro atoms. The van der Waals surface area contributed by atoms with Crippen molar-refractivity contribution < 1.29 is 16.7 Å². The molecular formula is C14H18Cl2F2N4O2S. The largest absolute Gasteiger partial charge is 0.332 e. The number of rotatable bonds is 4. The zero-order chi connectivity index (χ0) is 16.5. The number of hydrogen-bond acceptors (Lipinski definition) is 5. The Balaban J connectivity index is 0.00000156. The summed E-state index contributed by atoms with van der Waals surface area (Å²) in [5.41, 5.74) is -0.241. The maximum Gasteiger partial charge on any atom is 0.332 e. The molecule has 0 atom stereocenters. The second kappa shape index (κ2) is 8.39. The van der Waals surface area contributed by atoms with E-state index in [-0.39, 0.29) is 31.4 Å². The monoisotopic (exact) mass is 414 g/mol. The van der Waals surface area contributed by atoms with E-state index in [4.69, 9.17) is 0 Å². The molecule has 0 unspecified atom stereocenters. The van der Waals surface area contributed by atoms with Gasteiger partial charge >= 0.3 is 10.2 Å². The summed E-state index contributed by atoms with van der Waals surface area (Å²) in [6, 6.07) is 5.20. The molecule has 1 aromatic carbocycles. The quantitative estimate of drug-likeness (QED) is 0.777. The molecule has 1 fully saturated rings. The van der Waals surface area contributed by atoms with Crippen molar-refractivity contribution in [2.24, 2.45) is 0 Å². The fourth-order valence-electron chi connectivity index (χ4n) is 2.62. The van der Waals surface area contributed by atoms with Crippen LogP contribution < -0.4 is 5.32 Å². The number of aromatic nitrogens is 3. The van der Waals surface area contributed by atoms with Gasteiger partial charge in [-0.25, -0.2) is 9.07 Å². The number of nitrogens with one attached hydrogen (secondary N) is 1. The maximum absolute atomic E-state index is 14.6. The lowest BCUT2D eigenvalue weighted by atomic mass is 9.94. The Morgan fingerprint density at radius 3 is 2.32 bits per heavy atom. The number of alkyl halides is 1. The van der Waals surface area contributed by atoms with E-state index in [2.05, 4.69) is 15.6 Å². The molecule has 1 N–H and O–H groups in total. The maximum atomic E-state index is 14.6. The minimum Gasteiger partial charge on any atom is -0.316 e. The summed E-state index contributed by atoms with van der Waals surface area (Å²) in [6.07, 6.45) is 2.44. The first-order chi connectivity index (χ1) is 10.9. The minimum atomic E-state index is -4.72. The Bertz CT molecular complexity index is 793. The molecule has 1 aromatic heterocycles. The van der Waals surface area contributed by atoms with E-state index in [1.165, 1.54) is 16.8 Å². The summed E-state index contributed by atoms with van der Waals surface area (Å²) >= 11 is 0. The smallest absolute Gasteiger partial charge is 0.316 e. The van der Waals surface area contributed by atoms with Crippen molar-refractivity contribution in [1.82, 2.24) is 20.3 Å². The predicted molar refractivity (Wildman–Crippen MR) is 94.2 cm³/mol. The Hall–Kier alpha value is -1.29. The summed E-state index contributed by atoms with van der Waals surface area (Å²) in [4.78, 5) is -0.411. The van der Waals surface area contributed by atoms with Crippen molar-refractivity contribution >= 4 is 35.0 Å². The molecule has 0 amide bonds. The van der Waals surface area contributed by atoms with Crippen LogP contribution >= 0.6 is 24.8 Å². The predicted octanol–water partition coefficient (Wildman–Crippen LogP) is 2.54. The molecule has 25 heavy (non-hydrogen) atoms. The molecule has 0 aliphatic carbocycles. The summed E-state index contributed by atoms with van der Waals surface area (Å²) in [6.45, 7) is 1.40. The molecule has 1 saturated heterocycles. The first-order valence-corrected chi connectivity index (χ1v) is 8.59. The summed E-state index contributed by atoms with van der Waals surface area (Å²) in [5, 5.41) is 11.0. The Morgan fingerprint density at radius 2 is 1.76 bits per heavy atom. The highest BCUT2D eigenvalue weighted by Crippen LogP contribution is 2.26. The first kappa shape index (κ1) is 21.8. The molecule has 2 aromatic rings. The van der Waals surface area contributed by atoms with Gasteiger partial charge in [-0.05, 0) is 38.1 Å². The van der Waals surface area contributed by atoms with E-state index in [0.717, 1.165) is 12.1 Å². The van der Waals surface area contributed by atoms with Crippen LogP contribution in [0.3, 0.4) is 0 Å². The number of nitrogens with zero attached hydrogens (tertiary/aromatic N) is 3. The highest BCUT2D eigenvalue weighted by molar-refractivity contribution is 7.86. The SMILES string of the molecule is Cl.Cl.O=S(=O)(F)c1ccc(-c2cn(CC3(F)CCNCC3)nn2)cc1. The van der Waals surface area contributed by atoms with E-state index < -0.39 is 20.8 Å². The lowest BCUT2D eigenvalue weighted by Crippen LogP contribution is -2.41. The van der Waals surface area contributed by atoms with Gasteiger partial charge in [0, 0.05) is 5.56 Å². The van der Waals surface area contributed by atoms with Gasteiger partial charge in [0.25, 0.3) is 0 Å². The fourth-order valence-corrected chi connectivity index (χ4v) is 3.08. The highest BCUT2D eigenvalue weighted by Gasteiger charge is 2.32. The lowest BCUT2D eigenvalue weighted by Gasteiger charge is -2.29. The van der Waals surface area contributed by atoms with E-state index in [9.17, 15) is 16.7 Å². The zero-order valence-electron chi connectivity index (χ0n) is 13.1. The standard InChI is InChI=1S/C14H16F2N4O2S.2ClH/c15-14(5-7-17-8-6-14)10-20-9-13(18-19-20)11-1-3-12(4-2-11)23(16,21)22;;/h1-4,9,17H,5-8,10H2;2*1H. The normalized spacial score (nSPS) is 16.6. The van der Waals surface area contributed by atoms with E-state index >= 15 is 0 Å². The van der Waals surface area contributed by atoms with Crippen LogP contribution in [0, 0.1) is 0 Å². The number of piperidine rings is 1. The molecule has 0 bridgehead atoms. The van der Waals surface area contributed by atoms with Crippen LogP contribution in [0.1, 0.15) is 12.8 Å². The first-order valence-electron chi connectivity index (χ1n) is 7.21. The third-order valence-corrected chi connectivity index (χ3v) is 4.75. The van der Waals surface area contributed by atoms with E-state index in [0.29, 0.717) is 37.2 Å². The number of halogens is 4. The van der Waals surface area contributed by atoms with Crippen molar-refractivity contribution in [2.75, 3.05) is 13.1 Å². The van der Waals surface area contributed by atoms with Gasteiger partial charge < -0.3 is 5.32 Å². The van der Waals surface area contributed by atoms with Gasteiger partial charge in [-0.15, -0.1) is 33.8 Å². The van der Waals surface area contributed by atoms with Crippen molar-refractivity contribution in [2.45, 2.75) is 30.0 Å². The van der Waals surface area contributed by atoms with Crippen LogP contribution in [-0.4, -0.2) is 42.2 Å². The van der Waals surface area contributed by atoms with Crippen molar-refractivity contribution in [3.05, 3.63) is 30.5 Å². The Morgan fingerprint density at radius 1 is 1.16 bits per heavy atom. The van der Waals surface area contributed by atoms with Gasteiger partial charge in [0.15, 0.2) is 0 Å². The van der Waals surface area contributed by atoms with Gasteiger partial charge in [0.2, 0.25) is 0 Å². The Labute approximate surface area is 157 Å². The summed E-state index contributed by atoms with van der Waals surface area (Å²) in [7, 11) is -4.72. The molecule has 3 rings (SSSR count). The van der Waals surface area contributed by atoms with Crippen molar-refractivity contribution in [3.63, 3.8) is 0 Å². The highest BCUT2D eigenvalue weighted by atomic mass is 35.5. The topological polar surface area (TPSA) is 76.9 Å². The summed E-state index contributed by atoms with van der Waals surface area (Å²) < 4.78 is 50.5. The Kier molecular flexibility index (Phi) is 7.30. The van der Waals surface area contributed by atoms with Crippen LogP contribution in [0.2, 0.25) is 0 Å². The van der Waals surface area contributed by atoms with Crippen molar-refractivity contribution in [3.8, 4) is 11.3 Å². The van der Waals surface area contributed by atoms with Crippen LogP contribution in [0.4, 0.5) is 8.28 Å². The van der Waals surface area contributed by atoms with Crippen LogP contribution in [0.25, 0.3) is 11.3 Å². The van der Waals surface area contributed by atoms with Gasteiger partial charge in [0.1, 0.15) is 11.4 Å². The third-order valence-electron chi connectivity index (χ3n) is 3.92. The van der Waals surface area contributed by atoms with Gasteiger partial charge in [0.05, 0.1) is 17.6 Å². The zero-order valence-corrected chi connectivity index (χ0v) is 15.5. The van der Waals surface area contributed by atoms with Crippen molar-refractivity contribution in [1.29, 1.82) is 0 Å². The van der Waals surface area contributed by atoms with E-state index in [1.807, 2.05) is 0 Å². The molecule has 2 heterocycles. The van der Waals surface area contributed by atoms with Gasteiger partial charge in [-0.2, -0.15) is 8.42 Å². The average molecular weight is 415 g/mol. The van der Waals surface area contributed by atoms with Crippen LogP contribution in [-0.2, 0) is 16.8 Å². The molecule has 1 aliphatic rings. The number of benzene rings is 1. The lowest BCUT2D eigenvalue weighted by molar-refractivity contribution is 0.0887. The van der Waals surface area contributed by atoms with Gasteiger partial charge in [-0.3, -0.25) is 0 Å². The molecule has 6 nitrogen and oxygen atoms in total. The average Bonchev–Trinajstić information content (AvgIpc) is 2.95. The molecule has 140 valence electrons. The third kappa shape index (κ3) is 5.34. The summed E-state index contributed by atoms with van der Waals surface area (Å²) in [5.74, 6) is 0. The molecule has 0 saturated carbocycles. The van der Waals surface area contributed by atoms with E-state index in [1.54, 1.807) is 6.20 Å². The molecular weight excluding hydrogens is 397 g/mol.